The van der Waals surface area contributed by atoms with E-state index >= 15 is 0 Å². The number of rotatable bonds is 9. The molecule has 0 amide bonds. The molecule has 0 saturated heterocycles. The third kappa shape index (κ3) is 5.80. The van der Waals surface area contributed by atoms with Crippen molar-refractivity contribution in [3.8, 4) is 0 Å². The van der Waals surface area contributed by atoms with Gasteiger partial charge in [-0.15, -0.1) is 0 Å². The zero-order valence-electron chi connectivity index (χ0n) is 13.2. The Labute approximate surface area is 119 Å². The normalized spacial score (nSPS) is 20.7. The van der Waals surface area contributed by atoms with Gasteiger partial charge in [-0.2, -0.15) is 0 Å². The average Bonchev–Trinajstić information content (AvgIpc) is 2.46. The fourth-order valence-electron chi connectivity index (χ4n) is 3.18. The first-order valence-corrected chi connectivity index (χ1v) is 8.21. The van der Waals surface area contributed by atoms with Gasteiger partial charge in [0.2, 0.25) is 0 Å². The molecule has 0 aromatic carbocycles. The summed E-state index contributed by atoms with van der Waals surface area (Å²) in [5.74, 6) is 0. The van der Waals surface area contributed by atoms with Crippen molar-refractivity contribution in [3.05, 3.63) is 0 Å². The van der Waals surface area contributed by atoms with Crippen LogP contribution >= 0.6 is 0 Å². The summed E-state index contributed by atoms with van der Waals surface area (Å²) in [7, 11) is 0. The quantitative estimate of drug-likeness (QED) is 0.676. The minimum absolute atomic E-state index is 0.289. The maximum atomic E-state index is 9.36. The molecule has 0 spiro atoms. The highest BCUT2D eigenvalue weighted by Gasteiger charge is 2.29. The average molecular weight is 270 g/mol. The van der Waals surface area contributed by atoms with Gasteiger partial charge < -0.3 is 10.4 Å². The van der Waals surface area contributed by atoms with Crippen LogP contribution in [0.1, 0.15) is 59.3 Å². The summed E-state index contributed by atoms with van der Waals surface area (Å²) < 4.78 is 0. The lowest BCUT2D eigenvalue weighted by Crippen LogP contribution is -2.47. The number of nitrogens with zero attached hydrogens (tertiary/aromatic N) is 1. The van der Waals surface area contributed by atoms with E-state index in [-0.39, 0.29) is 6.61 Å². The van der Waals surface area contributed by atoms with Crippen LogP contribution in [0.15, 0.2) is 0 Å². The minimum atomic E-state index is 0.289. The molecule has 1 fully saturated rings. The predicted molar refractivity (Wildman–Crippen MR) is 82.5 cm³/mol. The molecule has 1 saturated carbocycles. The predicted octanol–water partition coefficient (Wildman–Crippen LogP) is 2.64. The van der Waals surface area contributed by atoms with Crippen molar-refractivity contribution in [1.82, 2.24) is 10.2 Å². The third-order valence-electron chi connectivity index (χ3n) is 4.72. The van der Waals surface area contributed by atoms with E-state index in [9.17, 15) is 5.11 Å². The van der Waals surface area contributed by atoms with Crippen LogP contribution < -0.4 is 5.32 Å². The maximum Gasteiger partial charge on any atom is 0.0558 e. The lowest BCUT2D eigenvalue weighted by atomic mass is 9.85. The molecule has 2 N–H and O–H groups in total. The van der Waals surface area contributed by atoms with Gasteiger partial charge in [0.15, 0.2) is 0 Å². The largest absolute Gasteiger partial charge is 0.395 e. The molecule has 3 nitrogen and oxygen atoms in total. The van der Waals surface area contributed by atoms with Crippen LogP contribution in [0, 0.1) is 5.41 Å². The van der Waals surface area contributed by atoms with Gasteiger partial charge in [-0.1, -0.05) is 40.0 Å². The van der Waals surface area contributed by atoms with Crippen molar-refractivity contribution < 1.29 is 5.11 Å². The first-order valence-electron chi connectivity index (χ1n) is 8.21. The van der Waals surface area contributed by atoms with Crippen LogP contribution in [-0.4, -0.2) is 48.8 Å². The number of hydrogen-bond acceptors (Lipinski definition) is 3. The highest BCUT2D eigenvalue weighted by Crippen LogP contribution is 2.28. The molecule has 0 heterocycles. The van der Waals surface area contributed by atoms with Crippen molar-refractivity contribution >= 4 is 0 Å². The number of hydrogen-bond donors (Lipinski definition) is 2. The summed E-state index contributed by atoms with van der Waals surface area (Å²) in [6, 6.07) is 0.702. The van der Waals surface area contributed by atoms with E-state index in [0.717, 1.165) is 26.2 Å². The van der Waals surface area contributed by atoms with Crippen molar-refractivity contribution in [2.75, 3.05) is 32.8 Å². The third-order valence-corrected chi connectivity index (χ3v) is 4.72. The van der Waals surface area contributed by atoms with Gasteiger partial charge in [-0.3, -0.25) is 4.90 Å². The molecule has 1 aliphatic carbocycles. The van der Waals surface area contributed by atoms with Gasteiger partial charge in [-0.05, 0) is 31.2 Å². The summed E-state index contributed by atoms with van der Waals surface area (Å²) in [4.78, 5) is 2.56. The first-order chi connectivity index (χ1) is 9.15. The first kappa shape index (κ1) is 16.9. The van der Waals surface area contributed by atoms with Crippen LogP contribution in [-0.2, 0) is 0 Å². The van der Waals surface area contributed by atoms with Gasteiger partial charge in [0.25, 0.3) is 0 Å². The molecule has 114 valence electrons. The van der Waals surface area contributed by atoms with Crippen molar-refractivity contribution in [3.63, 3.8) is 0 Å². The molecule has 3 heteroatoms. The summed E-state index contributed by atoms with van der Waals surface area (Å²) in [6.45, 7) is 11.2. The molecule has 0 radical (unpaired) electrons. The van der Waals surface area contributed by atoms with Gasteiger partial charge in [-0.25, -0.2) is 0 Å². The molecule has 1 aliphatic rings. The summed E-state index contributed by atoms with van der Waals surface area (Å²) in [5, 5.41) is 12.9. The van der Waals surface area contributed by atoms with E-state index in [2.05, 4.69) is 31.0 Å². The van der Waals surface area contributed by atoms with E-state index in [1.54, 1.807) is 0 Å². The second-order valence-electron chi connectivity index (χ2n) is 6.43. The fourth-order valence-corrected chi connectivity index (χ4v) is 3.18. The van der Waals surface area contributed by atoms with Crippen LogP contribution in [0.3, 0.4) is 0 Å². The lowest BCUT2D eigenvalue weighted by Gasteiger charge is -2.40. The van der Waals surface area contributed by atoms with Gasteiger partial charge in [0.05, 0.1) is 6.61 Å². The Bertz CT molecular complexity index is 229. The second kappa shape index (κ2) is 8.93. The van der Waals surface area contributed by atoms with E-state index in [0.29, 0.717) is 11.5 Å². The van der Waals surface area contributed by atoms with Gasteiger partial charge in [0, 0.05) is 25.7 Å². The smallest absolute Gasteiger partial charge is 0.0558 e. The van der Waals surface area contributed by atoms with Gasteiger partial charge >= 0.3 is 0 Å². The SMILES string of the molecule is CCNCC(C)(CC)CN(CCO)C1CCCCC1. The number of aliphatic hydroxyl groups is 1. The number of nitrogens with one attached hydrogen (secondary N) is 1. The molecule has 1 unspecified atom stereocenters. The fraction of sp³-hybridized carbons (Fsp3) is 1.00. The van der Waals surface area contributed by atoms with Crippen molar-refractivity contribution in [2.45, 2.75) is 65.3 Å². The zero-order chi connectivity index (χ0) is 14.1. The molecule has 0 aliphatic heterocycles. The Morgan fingerprint density at radius 1 is 1.21 bits per heavy atom. The monoisotopic (exact) mass is 270 g/mol. The molecule has 0 bridgehead atoms. The molecule has 19 heavy (non-hydrogen) atoms. The van der Waals surface area contributed by atoms with E-state index in [1.807, 2.05) is 0 Å². The Morgan fingerprint density at radius 3 is 2.42 bits per heavy atom. The minimum Gasteiger partial charge on any atom is -0.395 e. The van der Waals surface area contributed by atoms with Gasteiger partial charge in [0.1, 0.15) is 0 Å². The van der Waals surface area contributed by atoms with Crippen LogP contribution in [0.25, 0.3) is 0 Å². The van der Waals surface area contributed by atoms with Crippen molar-refractivity contribution in [2.24, 2.45) is 5.41 Å². The summed E-state index contributed by atoms with van der Waals surface area (Å²) in [5.41, 5.74) is 0.322. The highest BCUT2D eigenvalue weighted by atomic mass is 16.3. The molecule has 0 aromatic rings. The maximum absolute atomic E-state index is 9.36. The Hall–Kier alpha value is -0.120. The Morgan fingerprint density at radius 2 is 1.89 bits per heavy atom. The molecule has 1 atom stereocenters. The molecular weight excluding hydrogens is 236 g/mol. The number of aliphatic hydroxyl groups excluding tert-OH is 1. The zero-order valence-corrected chi connectivity index (χ0v) is 13.2. The van der Waals surface area contributed by atoms with Crippen molar-refractivity contribution in [1.29, 1.82) is 0 Å². The van der Waals surface area contributed by atoms with Crippen LogP contribution in [0.5, 0.6) is 0 Å². The topological polar surface area (TPSA) is 35.5 Å². The second-order valence-corrected chi connectivity index (χ2v) is 6.43. The lowest BCUT2D eigenvalue weighted by molar-refractivity contribution is 0.0742. The molecule has 1 rings (SSSR count). The Kier molecular flexibility index (Phi) is 7.96. The molecule has 0 aromatic heterocycles. The summed E-state index contributed by atoms with van der Waals surface area (Å²) in [6.07, 6.45) is 7.95. The standard InChI is InChI=1S/C16H34N2O/c1-4-16(3,13-17-5-2)14-18(11-12-19)15-9-7-6-8-10-15/h15,17,19H,4-14H2,1-3H3. The summed E-state index contributed by atoms with van der Waals surface area (Å²) >= 11 is 0. The van der Waals surface area contributed by atoms with Crippen LogP contribution in [0.4, 0.5) is 0 Å². The van der Waals surface area contributed by atoms with E-state index in [1.165, 1.54) is 38.5 Å². The van der Waals surface area contributed by atoms with E-state index in [4.69, 9.17) is 0 Å². The highest BCUT2D eigenvalue weighted by molar-refractivity contribution is 4.84. The molecular formula is C16H34N2O. The van der Waals surface area contributed by atoms with E-state index < -0.39 is 0 Å². The van der Waals surface area contributed by atoms with Crippen LogP contribution in [0.2, 0.25) is 0 Å². The Balaban J connectivity index is 2.58.